The first kappa shape index (κ1) is 7.82. The highest BCUT2D eigenvalue weighted by Crippen LogP contribution is 1.88. The largest absolute Gasteiger partial charge is 0.295 e. The Labute approximate surface area is 55.3 Å². The van der Waals surface area contributed by atoms with Gasteiger partial charge in [0.05, 0.1) is 5.70 Å². The zero-order chi connectivity index (χ0) is 7.11. The van der Waals surface area contributed by atoms with E-state index in [4.69, 9.17) is 0 Å². The van der Waals surface area contributed by atoms with E-state index in [1.165, 1.54) is 0 Å². The molecule has 0 rings (SSSR count). The number of rotatable bonds is 3. The molecule has 0 aliphatic carbocycles. The van der Waals surface area contributed by atoms with Gasteiger partial charge in [0.1, 0.15) is 0 Å². The maximum atomic E-state index is 3.85. The predicted molar refractivity (Wildman–Crippen MR) is 42.2 cm³/mol. The van der Waals surface area contributed by atoms with Crippen LogP contribution in [0, 0.1) is 0 Å². The Hall–Kier alpha value is -1.18. The molecule has 0 heterocycles. The van der Waals surface area contributed by atoms with Gasteiger partial charge in [-0.05, 0) is 6.08 Å². The van der Waals surface area contributed by atoms with Crippen molar-refractivity contribution in [3.63, 3.8) is 0 Å². The van der Waals surface area contributed by atoms with Crippen LogP contribution in [0.25, 0.3) is 0 Å². The van der Waals surface area contributed by atoms with Crippen molar-refractivity contribution in [1.82, 2.24) is 0 Å². The van der Waals surface area contributed by atoms with Crippen molar-refractivity contribution in [2.75, 3.05) is 7.05 Å². The molecule has 0 aromatic rings. The molecule has 0 N–H and O–H groups in total. The van der Waals surface area contributed by atoms with E-state index >= 15 is 0 Å². The van der Waals surface area contributed by atoms with Crippen LogP contribution in [0.15, 0.2) is 34.9 Å². The summed E-state index contributed by atoms with van der Waals surface area (Å²) in [7, 11) is 1.68. The van der Waals surface area contributed by atoms with Gasteiger partial charge in [0.15, 0.2) is 0 Å². The average molecular weight is 122 g/mol. The summed E-state index contributed by atoms with van der Waals surface area (Å²) in [5, 5.41) is 0. The van der Waals surface area contributed by atoms with Crippen molar-refractivity contribution >= 4 is 12.4 Å². The van der Waals surface area contributed by atoms with Gasteiger partial charge < -0.3 is 0 Å². The fourth-order valence-corrected chi connectivity index (χ4v) is 0.248. The third-order valence-electron chi connectivity index (χ3n) is 0.692. The molecule has 0 aromatic carbocycles. The van der Waals surface area contributed by atoms with E-state index in [1.54, 1.807) is 25.6 Å². The van der Waals surface area contributed by atoms with E-state index in [1.807, 2.05) is 0 Å². The lowest BCUT2D eigenvalue weighted by Gasteiger charge is -1.81. The molecule has 0 bridgehead atoms. The zero-order valence-corrected chi connectivity index (χ0v) is 5.54. The molecule has 0 aromatic heterocycles. The van der Waals surface area contributed by atoms with Gasteiger partial charge in [-0.3, -0.25) is 9.98 Å². The Morgan fingerprint density at radius 3 is 2.56 bits per heavy atom. The molecule has 2 heteroatoms. The van der Waals surface area contributed by atoms with Crippen LogP contribution < -0.4 is 0 Å². The van der Waals surface area contributed by atoms with Gasteiger partial charge in [-0.1, -0.05) is 13.2 Å². The molecule has 0 saturated carbocycles. The molecule has 0 spiro atoms. The Morgan fingerprint density at radius 2 is 2.11 bits per heavy atom. The van der Waals surface area contributed by atoms with Crippen LogP contribution in [-0.2, 0) is 0 Å². The summed E-state index contributed by atoms with van der Waals surface area (Å²) < 4.78 is 0. The first-order valence-corrected chi connectivity index (χ1v) is 2.57. The molecule has 2 nitrogen and oxygen atoms in total. The van der Waals surface area contributed by atoms with Gasteiger partial charge >= 0.3 is 0 Å². The minimum absolute atomic E-state index is 0.648. The average Bonchev–Trinajstić information content (AvgIpc) is 1.89. The van der Waals surface area contributed by atoms with Crippen LogP contribution in [-0.4, -0.2) is 19.5 Å². The smallest absolute Gasteiger partial charge is 0.0552 e. The van der Waals surface area contributed by atoms with E-state index < -0.39 is 0 Å². The van der Waals surface area contributed by atoms with Crippen LogP contribution in [0.1, 0.15) is 0 Å². The lowest BCUT2D eigenvalue weighted by Crippen LogP contribution is -1.74. The number of nitrogens with zero attached hydrogens (tertiary/aromatic N) is 2. The van der Waals surface area contributed by atoms with Gasteiger partial charge in [0, 0.05) is 19.5 Å². The molecule has 0 atom stereocenters. The molecule has 0 aliphatic heterocycles. The van der Waals surface area contributed by atoms with Crippen molar-refractivity contribution in [1.29, 1.82) is 0 Å². The van der Waals surface area contributed by atoms with Crippen molar-refractivity contribution in [3.05, 3.63) is 24.9 Å². The summed E-state index contributed by atoms with van der Waals surface area (Å²) in [5.41, 5.74) is 0.648. The van der Waals surface area contributed by atoms with Crippen LogP contribution in [0.2, 0.25) is 0 Å². The monoisotopic (exact) mass is 122 g/mol. The lowest BCUT2D eigenvalue weighted by molar-refractivity contribution is 1.45. The molecular weight excluding hydrogens is 112 g/mol. The molecule has 9 heavy (non-hydrogen) atoms. The SMILES string of the molecule is C=CC(=C)N=CC=NC. The Kier molecular flexibility index (Phi) is 4.32. The highest BCUT2D eigenvalue weighted by Gasteiger charge is 1.72. The normalized spacial score (nSPS) is 10.8. The highest BCUT2D eigenvalue weighted by molar-refractivity contribution is 6.16. The van der Waals surface area contributed by atoms with E-state index in [2.05, 4.69) is 23.1 Å². The number of hydrogen-bond donors (Lipinski definition) is 0. The maximum absolute atomic E-state index is 3.85. The molecule has 0 amide bonds. The molecular formula is C7H10N2. The van der Waals surface area contributed by atoms with E-state index in [-0.39, 0.29) is 0 Å². The second-order valence-electron chi connectivity index (χ2n) is 1.38. The first-order chi connectivity index (χ1) is 4.31. The summed E-state index contributed by atoms with van der Waals surface area (Å²) in [6, 6.07) is 0. The van der Waals surface area contributed by atoms with E-state index in [9.17, 15) is 0 Å². The number of aliphatic imine (C=N–C) groups is 2. The Morgan fingerprint density at radius 1 is 1.44 bits per heavy atom. The first-order valence-electron chi connectivity index (χ1n) is 2.57. The summed E-state index contributed by atoms with van der Waals surface area (Å²) in [4.78, 5) is 7.54. The zero-order valence-electron chi connectivity index (χ0n) is 5.54. The van der Waals surface area contributed by atoms with E-state index in [0.717, 1.165) is 0 Å². The van der Waals surface area contributed by atoms with Gasteiger partial charge in [-0.25, -0.2) is 0 Å². The van der Waals surface area contributed by atoms with Crippen LogP contribution in [0.4, 0.5) is 0 Å². The van der Waals surface area contributed by atoms with Crippen molar-refractivity contribution in [2.45, 2.75) is 0 Å². The van der Waals surface area contributed by atoms with Crippen molar-refractivity contribution < 1.29 is 0 Å². The van der Waals surface area contributed by atoms with Gasteiger partial charge in [-0.15, -0.1) is 0 Å². The maximum Gasteiger partial charge on any atom is 0.0552 e. The topological polar surface area (TPSA) is 24.7 Å². The third kappa shape index (κ3) is 4.68. The van der Waals surface area contributed by atoms with Crippen LogP contribution in [0.5, 0.6) is 0 Å². The predicted octanol–water partition coefficient (Wildman–Crippen LogP) is 1.46. The van der Waals surface area contributed by atoms with Crippen molar-refractivity contribution in [2.24, 2.45) is 9.98 Å². The van der Waals surface area contributed by atoms with Crippen LogP contribution in [0.3, 0.4) is 0 Å². The van der Waals surface area contributed by atoms with Crippen LogP contribution >= 0.6 is 0 Å². The summed E-state index contributed by atoms with van der Waals surface area (Å²) in [5.74, 6) is 0. The number of hydrogen-bond acceptors (Lipinski definition) is 2. The molecule has 0 fully saturated rings. The summed E-state index contributed by atoms with van der Waals surface area (Å²) in [6.07, 6.45) is 4.75. The van der Waals surface area contributed by atoms with Gasteiger partial charge in [0.25, 0.3) is 0 Å². The summed E-state index contributed by atoms with van der Waals surface area (Å²) in [6.45, 7) is 7.05. The molecule has 48 valence electrons. The van der Waals surface area contributed by atoms with E-state index in [0.29, 0.717) is 5.70 Å². The Balaban J connectivity index is 3.70. The highest BCUT2D eigenvalue weighted by atomic mass is 14.7. The standard InChI is InChI=1S/C7H10N2/c1-4-7(2)9-6-5-8-3/h4-6H,1-2H2,3H3. The second-order valence-corrected chi connectivity index (χ2v) is 1.38. The Bertz CT molecular complexity index is 154. The minimum Gasteiger partial charge on any atom is -0.295 e. The molecule has 0 aliphatic rings. The fraction of sp³-hybridized carbons (Fsp3) is 0.143. The molecule has 0 radical (unpaired) electrons. The van der Waals surface area contributed by atoms with Gasteiger partial charge in [-0.2, -0.15) is 0 Å². The van der Waals surface area contributed by atoms with Crippen molar-refractivity contribution in [3.8, 4) is 0 Å². The second kappa shape index (κ2) is 4.97. The number of allylic oxidation sites excluding steroid dienone is 1. The molecule has 0 saturated heterocycles. The molecule has 0 unspecified atom stereocenters. The fourth-order valence-electron chi connectivity index (χ4n) is 0.248. The quantitative estimate of drug-likeness (QED) is 0.400. The third-order valence-corrected chi connectivity index (χ3v) is 0.692. The minimum atomic E-state index is 0.648. The summed E-state index contributed by atoms with van der Waals surface area (Å²) >= 11 is 0. The lowest BCUT2D eigenvalue weighted by atomic mass is 10.5. The van der Waals surface area contributed by atoms with Gasteiger partial charge in [0.2, 0.25) is 0 Å².